The number of rotatable bonds is 9. The van der Waals surface area contributed by atoms with Crippen LogP contribution in [0.5, 0.6) is 17.2 Å². The van der Waals surface area contributed by atoms with Crippen LogP contribution in [0.2, 0.25) is 0 Å². The molecule has 1 atom stereocenters. The number of thiophene rings is 1. The Labute approximate surface area is 154 Å². The van der Waals surface area contributed by atoms with Gasteiger partial charge in [-0.1, -0.05) is 6.07 Å². The van der Waals surface area contributed by atoms with Crippen molar-refractivity contribution in [1.29, 1.82) is 0 Å². The van der Waals surface area contributed by atoms with Crippen LogP contribution in [0.3, 0.4) is 0 Å². The predicted molar refractivity (Wildman–Crippen MR) is 97.3 cm³/mol. The quantitative estimate of drug-likeness (QED) is 0.629. The first-order valence-electron chi connectivity index (χ1n) is 7.78. The zero-order chi connectivity index (χ0) is 16.8. The van der Waals surface area contributed by atoms with Gasteiger partial charge in [-0.2, -0.15) is 0 Å². The summed E-state index contributed by atoms with van der Waals surface area (Å²) in [6.45, 7) is 2.61. The predicted octanol–water partition coefficient (Wildman–Crippen LogP) is 3.99. The molecule has 1 unspecified atom stereocenters. The average molecular weight is 414 g/mol. The molecule has 0 bridgehead atoms. The smallest absolute Gasteiger partial charge is 0.231 e. The van der Waals surface area contributed by atoms with E-state index in [2.05, 4.69) is 27.3 Å². The summed E-state index contributed by atoms with van der Waals surface area (Å²) in [4.78, 5) is 1.17. The van der Waals surface area contributed by atoms with E-state index in [-0.39, 0.29) is 12.9 Å². The monoisotopic (exact) mass is 413 g/mol. The highest BCUT2D eigenvalue weighted by Crippen LogP contribution is 2.43. The van der Waals surface area contributed by atoms with Gasteiger partial charge >= 0.3 is 0 Å². The average Bonchev–Trinajstić information content (AvgIpc) is 3.22. The van der Waals surface area contributed by atoms with Crippen LogP contribution in [0.1, 0.15) is 17.4 Å². The van der Waals surface area contributed by atoms with Crippen LogP contribution in [0.15, 0.2) is 34.1 Å². The molecule has 3 rings (SSSR count). The van der Waals surface area contributed by atoms with Gasteiger partial charge in [0.25, 0.3) is 0 Å². The second-order valence-corrected chi connectivity index (χ2v) is 7.76. The van der Waals surface area contributed by atoms with Crippen molar-refractivity contribution in [3.63, 3.8) is 0 Å². The minimum absolute atomic E-state index is 0.0490. The molecule has 130 valence electrons. The third-order valence-corrected chi connectivity index (χ3v) is 5.32. The molecular weight excluding hydrogens is 394 g/mol. The number of halogens is 1. The minimum Gasteiger partial charge on any atom is -0.481 e. The summed E-state index contributed by atoms with van der Waals surface area (Å²) in [7, 11) is 1.70. The van der Waals surface area contributed by atoms with E-state index in [0.29, 0.717) is 12.4 Å². The Bertz CT molecular complexity index is 664. The summed E-state index contributed by atoms with van der Waals surface area (Å²) in [5.74, 6) is 2.14. The van der Waals surface area contributed by atoms with Gasteiger partial charge in [-0.15, -0.1) is 11.3 Å². The van der Waals surface area contributed by atoms with E-state index in [1.54, 1.807) is 18.4 Å². The van der Waals surface area contributed by atoms with Gasteiger partial charge in [0.15, 0.2) is 11.5 Å². The van der Waals surface area contributed by atoms with Gasteiger partial charge in [0.1, 0.15) is 6.10 Å². The number of ether oxygens (including phenoxy) is 4. The molecule has 0 aliphatic carbocycles. The molecule has 0 fully saturated rings. The number of methoxy groups -OCH3 is 1. The maximum absolute atomic E-state index is 6.28. The highest BCUT2D eigenvalue weighted by atomic mass is 79.9. The minimum atomic E-state index is -0.0490. The highest BCUT2D eigenvalue weighted by Gasteiger charge is 2.22. The van der Waals surface area contributed by atoms with Crippen LogP contribution in [0.25, 0.3) is 0 Å². The summed E-state index contributed by atoms with van der Waals surface area (Å²) in [5, 5.41) is 3.36. The van der Waals surface area contributed by atoms with Gasteiger partial charge in [0, 0.05) is 25.0 Å². The van der Waals surface area contributed by atoms with Crippen LogP contribution in [-0.2, 0) is 4.74 Å². The third kappa shape index (κ3) is 4.42. The fraction of sp³-hybridized carbons (Fsp3) is 0.412. The molecule has 1 N–H and O–H groups in total. The number of nitrogens with one attached hydrogen (secondary N) is 1. The summed E-state index contributed by atoms with van der Waals surface area (Å²) in [6, 6.07) is 9.86. The van der Waals surface area contributed by atoms with Gasteiger partial charge in [-0.25, -0.2) is 0 Å². The standard InChI is InChI=1S/C17H20BrNO4S/c1-20-10-9-19-8-7-12(15-5-6-16(18)24-15)23-14-4-2-3-13-17(14)22-11-21-13/h2-6,12,19H,7-11H2,1H3. The molecule has 1 aromatic heterocycles. The molecule has 5 nitrogen and oxygen atoms in total. The van der Waals surface area contributed by atoms with Crippen LogP contribution >= 0.6 is 27.3 Å². The Morgan fingerprint density at radius 2 is 2.17 bits per heavy atom. The van der Waals surface area contributed by atoms with E-state index in [4.69, 9.17) is 18.9 Å². The fourth-order valence-electron chi connectivity index (χ4n) is 2.44. The topological polar surface area (TPSA) is 49.0 Å². The maximum Gasteiger partial charge on any atom is 0.231 e. The summed E-state index contributed by atoms with van der Waals surface area (Å²) < 4.78 is 23.4. The summed E-state index contributed by atoms with van der Waals surface area (Å²) >= 11 is 5.21. The largest absolute Gasteiger partial charge is 0.481 e. The van der Waals surface area contributed by atoms with Crippen LogP contribution in [-0.4, -0.2) is 33.6 Å². The lowest BCUT2D eigenvalue weighted by Crippen LogP contribution is -2.23. The van der Waals surface area contributed by atoms with Crippen molar-refractivity contribution in [2.75, 3.05) is 33.6 Å². The molecule has 1 aliphatic heterocycles. The molecule has 0 saturated carbocycles. The van der Waals surface area contributed by atoms with Gasteiger partial charge < -0.3 is 24.3 Å². The van der Waals surface area contributed by atoms with E-state index in [1.807, 2.05) is 24.3 Å². The summed E-state index contributed by atoms with van der Waals surface area (Å²) in [6.07, 6.45) is 0.799. The first-order chi connectivity index (χ1) is 11.8. The normalized spacial score (nSPS) is 13.9. The molecule has 0 radical (unpaired) electrons. The zero-order valence-electron chi connectivity index (χ0n) is 13.4. The Balaban J connectivity index is 1.69. The van der Waals surface area contributed by atoms with Crippen molar-refractivity contribution in [3.8, 4) is 17.2 Å². The number of hydrogen-bond donors (Lipinski definition) is 1. The highest BCUT2D eigenvalue weighted by molar-refractivity contribution is 9.11. The molecule has 24 heavy (non-hydrogen) atoms. The Morgan fingerprint density at radius 3 is 2.96 bits per heavy atom. The number of fused-ring (bicyclic) bond motifs is 1. The van der Waals surface area contributed by atoms with Gasteiger partial charge in [0.05, 0.1) is 10.4 Å². The molecular formula is C17H20BrNO4S. The molecule has 2 heterocycles. The van der Waals surface area contributed by atoms with E-state index in [9.17, 15) is 0 Å². The van der Waals surface area contributed by atoms with Crippen LogP contribution < -0.4 is 19.5 Å². The first-order valence-corrected chi connectivity index (χ1v) is 9.39. The number of hydrogen-bond acceptors (Lipinski definition) is 6. The van der Waals surface area contributed by atoms with Gasteiger partial charge in [0.2, 0.25) is 12.5 Å². The van der Waals surface area contributed by atoms with Crippen molar-refractivity contribution in [1.82, 2.24) is 5.32 Å². The Hall–Kier alpha value is -1.28. The molecule has 7 heteroatoms. The number of para-hydroxylation sites is 1. The van der Waals surface area contributed by atoms with E-state index in [0.717, 1.165) is 34.8 Å². The summed E-state index contributed by atoms with van der Waals surface area (Å²) in [5.41, 5.74) is 0. The molecule has 2 aromatic rings. The maximum atomic E-state index is 6.28. The molecule has 1 aliphatic rings. The van der Waals surface area contributed by atoms with E-state index >= 15 is 0 Å². The Kier molecular flexibility index (Phi) is 6.37. The lowest BCUT2D eigenvalue weighted by Gasteiger charge is -2.19. The SMILES string of the molecule is COCCNCCC(Oc1cccc2c1OCO2)c1ccc(Br)s1. The van der Waals surface area contributed by atoms with Crippen LogP contribution in [0.4, 0.5) is 0 Å². The van der Waals surface area contributed by atoms with Crippen molar-refractivity contribution in [2.24, 2.45) is 0 Å². The van der Waals surface area contributed by atoms with Crippen molar-refractivity contribution < 1.29 is 18.9 Å². The lowest BCUT2D eigenvalue weighted by molar-refractivity contribution is 0.158. The van der Waals surface area contributed by atoms with Crippen molar-refractivity contribution in [3.05, 3.63) is 39.0 Å². The third-order valence-electron chi connectivity index (χ3n) is 3.61. The molecule has 0 amide bonds. The molecule has 0 spiro atoms. The van der Waals surface area contributed by atoms with Crippen molar-refractivity contribution in [2.45, 2.75) is 12.5 Å². The van der Waals surface area contributed by atoms with Crippen LogP contribution in [0, 0.1) is 0 Å². The second-order valence-electron chi connectivity index (χ2n) is 5.27. The van der Waals surface area contributed by atoms with E-state index < -0.39 is 0 Å². The zero-order valence-corrected chi connectivity index (χ0v) is 15.8. The first kappa shape index (κ1) is 17.5. The van der Waals surface area contributed by atoms with Crippen molar-refractivity contribution >= 4 is 27.3 Å². The second kappa shape index (κ2) is 8.71. The van der Waals surface area contributed by atoms with E-state index in [1.165, 1.54) is 4.88 Å². The van der Waals surface area contributed by atoms with Gasteiger partial charge in [-0.3, -0.25) is 0 Å². The Morgan fingerprint density at radius 1 is 1.25 bits per heavy atom. The number of benzene rings is 1. The lowest BCUT2D eigenvalue weighted by atomic mass is 10.2. The molecule has 1 aromatic carbocycles. The fourth-order valence-corrected chi connectivity index (χ4v) is 3.93. The van der Waals surface area contributed by atoms with Gasteiger partial charge in [-0.05, 0) is 46.7 Å². The molecule has 0 saturated heterocycles.